The Bertz CT molecular complexity index is 611. The van der Waals surface area contributed by atoms with Crippen molar-refractivity contribution in [2.75, 3.05) is 19.1 Å². The number of carbonyl (C=O) groups excluding carboxylic acids is 1. The first-order valence-electron chi connectivity index (χ1n) is 6.53. The molecule has 110 valence electrons. The predicted octanol–water partition coefficient (Wildman–Crippen LogP) is 1.78. The molecule has 1 unspecified atom stereocenters. The van der Waals surface area contributed by atoms with Gasteiger partial charge in [-0.2, -0.15) is 0 Å². The molecule has 1 aromatic carbocycles. The Hall–Kier alpha value is -2.63. The van der Waals surface area contributed by atoms with Crippen molar-refractivity contribution in [3.05, 3.63) is 47.7 Å². The Morgan fingerprint density at radius 2 is 1.86 bits per heavy atom. The number of nitrogens with zero attached hydrogens (tertiary/aromatic N) is 3. The average molecular weight is 286 g/mol. The standard InChI is InChI=1S/C15H18N4O2/c1-10(11-4-6-12(21-3)7-5-11)19(2)14-9-8-13(15(16)20)17-18-14/h4-10H,1-3H3,(H2,16,20). The largest absolute Gasteiger partial charge is 0.497 e. The van der Waals surface area contributed by atoms with Gasteiger partial charge in [0.2, 0.25) is 0 Å². The first-order chi connectivity index (χ1) is 10.0. The van der Waals surface area contributed by atoms with Crippen LogP contribution in [-0.4, -0.2) is 30.3 Å². The van der Waals surface area contributed by atoms with Crippen LogP contribution in [0.3, 0.4) is 0 Å². The van der Waals surface area contributed by atoms with Crippen LogP contribution in [0, 0.1) is 0 Å². The number of amides is 1. The van der Waals surface area contributed by atoms with Gasteiger partial charge in [-0.05, 0) is 36.8 Å². The second-order valence-corrected chi connectivity index (χ2v) is 4.70. The maximum atomic E-state index is 11.0. The fourth-order valence-electron chi connectivity index (χ4n) is 1.95. The minimum Gasteiger partial charge on any atom is -0.497 e. The van der Waals surface area contributed by atoms with Crippen LogP contribution in [0.1, 0.15) is 29.0 Å². The van der Waals surface area contributed by atoms with Crippen molar-refractivity contribution in [3.63, 3.8) is 0 Å². The lowest BCUT2D eigenvalue weighted by Gasteiger charge is -2.26. The quantitative estimate of drug-likeness (QED) is 0.906. The highest BCUT2D eigenvalue weighted by atomic mass is 16.5. The summed E-state index contributed by atoms with van der Waals surface area (Å²) in [5, 5.41) is 7.85. The summed E-state index contributed by atoms with van der Waals surface area (Å²) in [6.07, 6.45) is 0. The van der Waals surface area contributed by atoms with E-state index in [2.05, 4.69) is 17.1 Å². The van der Waals surface area contributed by atoms with Gasteiger partial charge in [0.05, 0.1) is 13.2 Å². The summed E-state index contributed by atoms with van der Waals surface area (Å²) in [6, 6.07) is 11.2. The van der Waals surface area contributed by atoms with Gasteiger partial charge in [-0.25, -0.2) is 0 Å². The van der Waals surface area contributed by atoms with E-state index >= 15 is 0 Å². The molecule has 6 nitrogen and oxygen atoms in total. The molecule has 2 aromatic rings. The Morgan fingerprint density at radius 1 is 1.19 bits per heavy atom. The maximum absolute atomic E-state index is 11.0. The van der Waals surface area contributed by atoms with Gasteiger partial charge in [-0.3, -0.25) is 4.79 Å². The SMILES string of the molecule is COc1ccc(C(C)N(C)c2ccc(C(N)=O)nn2)cc1. The number of ether oxygens (including phenoxy) is 1. The monoisotopic (exact) mass is 286 g/mol. The summed E-state index contributed by atoms with van der Waals surface area (Å²) >= 11 is 0. The van der Waals surface area contributed by atoms with E-state index in [4.69, 9.17) is 10.5 Å². The van der Waals surface area contributed by atoms with Crippen LogP contribution in [0.2, 0.25) is 0 Å². The maximum Gasteiger partial charge on any atom is 0.269 e. The first kappa shape index (κ1) is 14.8. The van der Waals surface area contributed by atoms with Gasteiger partial charge < -0.3 is 15.4 Å². The molecule has 0 saturated carbocycles. The summed E-state index contributed by atoms with van der Waals surface area (Å²) in [5.41, 5.74) is 6.43. The number of rotatable bonds is 5. The van der Waals surface area contributed by atoms with E-state index in [0.717, 1.165) is 11.3 Å². The van der Waals surface area contributed by atoms with Gasteiger partial charge in [-0.1, -0.05) is 12.1 Å². The number of carbonyl (C=O) groups is 1. The number of anilines is 1. The van der Waals surface area contributed by atoms with Crippen molar-refractivity contribution in [1.29, 1.82) is 0 Å². The van der Waals surface area contributed by atoms with Gasteiger partial charge >= 0.3 is 0 Å². The molecule has 1 aromatic heterocycles. The number of benzene rings is 1. The molecule has 0 spiro atoms. The van der Waals surface area contributed by atoms with Crippen LogP contribution in [-0.2, 0) is 0 Å². The van der Waals surface area contributed by atoms with Crippen molar-refractivity contribution in [3.8, 4) is 5.75 Å². The Kier molecular flexibility index (Phi) is 4.37. The van der Waals surface area contributed by atoms with Crippen molar-refractivity contribution < 1.29 is 9.53 Å². The summed E-state index contributed by atoms with van der Waals surface area (Å²) in [5.74, 6) is 0.905. The summed E-state index contributed by atoms with van der Waals surface area (Å²) in [4.78, 5) is 13.0. The molecule has 0 saturated heterocycles. The molecular weight excluding hydrogens is 268 g/mol. The molecule has 6 heteroatoms. The van der Waals surface area contributed by atoms with E-state index in [0.29, 0.717) is 5.82 Å². The zero-order chi connectivity index (χ0) is 15.4. The minimum atomic E-state index is -0.583. The van der Waals surface area contributed by atoms with Crippen LogP contribution in [0.25, 0.3) is 0 Å². The van der Waals surface area contributed by atoms with Crippen molar-refractivity contribution in [2.24, 2.45) is 5.73 Å². The van der Waals surface area contributed by atoms with E-state index in [-0.39, 0.29) is 11.7 Å². The number of nitrogens with two attached hydrogens (primary N) is 1. The van der Waals surface area contributed by atoms with E-state index < -0.39 is 5.91 Å². The molecular formula is C15H18N4O2. The molecule has 1 atom stereocenters. The zero-order valence-electron chi connectivity index (χ0n) is 12.3. The van der Waals surface area contributed by atoms with Crippen LogP contribution in [0.4, 0.5) is 5.82 Å². The van der Waals surface area contributed by atoms with Gasteiger partial charge in [0.15, 0.2) is 11.5 Å². The summed E-state index contributed by atoms with van der Waals surface area (Å²) in [7, 11) is 3.56. The Labute approximate surface area is 123 Å². The molecule has 2 rings (SSSR count). The zero-order valence-corrected chi connectivity index (χ0v) is 12.3. The number of primary amides is 1. The molecule has 2 N–H and O–H groups in total. The van der Waals surface area contributed by atoms with Crippen LogP contribution in [0.15, 0.2) is 36.4 Å². The Balaban J connectivity index is 2.17. The molecule has 0 aliphatic carbocycles. The lowest BCUT2D eigenvalue weighted by molar-refractivity contribution is 0.0994. The van der Waals surface area contributed by atoms with E-state index in [9.17, 15) is 4.79 Å². The topological polar surface area (TPSA) is 81.3 Å². The third-order valence-corrected chi connectivity index (χ3v) is 3.44. The fourth-order valence-corrected chi connectivity index (χ4v) is 1.95. The molecule has 1 amide bonds. The van der Waals surface area contributed by atoms with E-state index in [1.165, 1.54) is 0 Å². The molecule has 0 fully saturated rings. The molecule has 0 bridgehead atoms. The molecule has 0 aliphatic heterocycles. The number of hydrogen-bond acceptors (Lipinski definition) is 5. The van der Waals surface area contributed by atoms with E-state index in [1.54, 1.807) is 19.2 Å². The Morgan fingerprint density at radius 3 is 2.33 bits per heavy atom. The van der Waals surface area contributed by atoms with Crippen molar-refractivity contribution >= 4 is 11.7 Å². The highest BCUT2D eigenvalue weighted by Crippen LogP contribution is 2.24. The van der Waals surface area contributed by atoms with Gasteiger partial charge in [0.25, 0.3) is 5.91 Å². The van der Waals surface area contributed by atoms with Crippen LogP contribution in [0.5, 0.6) is 5.75 Å². The predicted molar refractivity (Wildman–Crippen MR) is 80.4 cm³/mol. The lowest BCUT2D eigenvalue weighted by atomic mass is 10.1. The van der Waals surface area contributed by atoms with Crippen molar-refractivity contribution in [2.45, 2.75) is 13.0 Å². The van der Waals surface area contributed by atoms with Crippen LogP contribution < -0.4 is 15.4 Å². The normalized spacial score (nSPS) is 11.8. The average Bonchev–Trinajstić information content (AvgIpc) is 2.53. The lowest BCUT2D eigenvalue weighted by Crippen LogP contribution is -2.23. The fraction of sp³-hybridized carbons (Fsp3) is 0.267. The summed E-state index contributed by atoms with van der Waals surface area (Å²) in [6.45, 7) is 2.06. The number of methoxy groups -OCH3 is 1. The highest BCUT2D eigenvalue weighted by molar-refractivity contribution is 5.90. The minimum absolute atomic E-state index is 0.102. The van der Waals surface area contributed by atoms with Gasteiger partial charge in [-0.15, -0.1) is 10.2 Å². The second kappa shape index (κ2) is 6.21. The number of aromatic nitrogens is 2. The van der Waals surface area contributed by atoms with Crippen molar-refractivity contribution in [1.82, 2.24) is 10.2 Å². The van der Waals surface area contributed by atoms with E-state index in [1.807, 2.05) is 36.2 Å². The molecule has 21 heavy (non-hydrogen) atoms. The highest BCUT2D eigenvalue weighted by Gasteiger charge is 2.14. The molecule has 0 aliphatic rings. The third-order valence-electron chi connectivity index (χ3n) is 3.44. The smallest absolute Gasteiger partial charge is 0.269 e. The third kappa shape index (κ3) is 3.28. The van der Waals surface area contributed by atoms with Gasteiger partial charge in [0.1, 0.15) is 5.75 Å². The first-order valence-corrected chi connectivity index (χ1v) is 6.53. The second-order valence-electron chi connectivity index (χ2n) is 4.70. The summed E-state index contributed by atoms with van der Waals surface area (Å²) < 4.78 is 5.15. The number of hydrogen-bond donors (Lipinski definition) is 1. The molecule has 1 heterocycles. The van der Waals surface area contributed by atoms with Crippen LogP contribution >= 0.6 is 0 Å². The van der Waals surface area contributed by atoms with Gasteiger partial charge in [0, 0.05) is 7.05 Å². The molecule has 0 radical (unpaired) electrons.